The molecule has 0 amide bonds. The lowest BCUT2D eigenvalue weighted by Crippen LogP contribution is -2.03. The number of rotatable bonds is 4. The first-order chi connectivity index (χ1) is 9.45. The minimum atomic E-state index is -0.0555. The van der Waals surface area contributed by atoms with Crippen molar-refractivity contribution in [3.63, 3.8) is 0 Å². The largest absolute Gasteiger partial charge is 0.289 e. The lowest BCUT2D eigenvalue weighted by molar-refractivity contribution is 0.103. The molecular formula is C17H16Cl2O. The van der Waals surface area contributed by atoms with Crippen LogP contribution in [0.3, 0.4) is 0 Å². The van der Waals surface area contributed by atoms with Gasteiger partial charge in [-0.3, -0.25) is 4.79 Å². The number of hydrogen-bond donors (Lipinski definition) is 0. The Morgan fingerprint density at radius 3 is 2.25 bits per heavy atom. The highest BCUT2D eigenvalue weighted by Gasteiger charge is 2.11. The summed E-state index contributed by atoms with van der Waals surface area (Å²) in [5.41, 5.74) is 2.35. The van der Waals surface area contributed by atoms with E-state index in [1.807, 2.05) is 24.3 Å². The van der Waals surface area contributed by atoms with E-state index in [1.54, 1.807) is 18.2 Å². The van der Waals surface area contributed by atoms with Gasteiger partial charge in [0.2, 0.25) is 0 Å². The first-order valence-electron chi connectivity index (χ1n) is 6.55. The summed E-state index contributed by atoms with van der Waals surface area (Å²) in [6.45, 7) is 4.32. The lowest BCUT2D eigenvalue weighted by Gasteiger charge is -2.08. The summed E-state index contributed by atoms with van der Waals surface area (Å²) in [5, 5.41) is 0.943. The third kappa shape index (κ3) is 3.84. The second-order valence-electron chi connectivity index (χ2n) is 5.29. The first kappa shape index (κ1) is 15.1. The Balaban J connectivity index is 2.33. The molecule has 0 spiro atoms. The van der Waals surface area contributed by atoms with E-state index in [9.17, 15) is 4.79 Å². The van der Waals surface area contributed by atoms with Gasteiger partial charge in [-0.05, 0) is 42.2 Å². The highest BCUT2D eigenvalue weighted by molar-refractivity contribution is 6.35. The van der Waals surface area contributed by atoms with Crippen LogP contribution in [0, 0.1) is 5.92 Å². The van der Waals surface area contributed by atoms with Gasteiger partial charge in [0.15, 0.2) is 5.78 Å². The molecule has 0 saturated heterocycles. The zero-order valence-corrected chi connectivity index (χ0v) is 13.0. The fourth-order valence-corrected chi connectivity index (χ4v) is 2.69. The standard InChI is InChI=1S/C17H16Cl2O/c1-11(2)6-12-4-3-5-13(7-12)17(20)14-8-15(18)10-16(19)9-14/h3-5,7-11H,6H2,1-2H3. The summed E-state index contributed by atoms with van der Waals surface area (Å²) < 4.78 is 0. The average Bonchev–Trinajstić information content (AvgIpc) is 2.36. The third-order valence-corrected chi connectivity index (χ3v) is 3.39. The number of carbonyl (C=O) groups excluding carboxylic acids is 1. The van der Waals surface area contributed by atoms with Gasteiger partial charge in [0.1, 0.15) is 0 Å². The highest BCUT2D eigenvalue weighted by atomic mass is 35.5. The first-order valence-corrected chi connectivity index (χ1v) is 7.31. The van der Waals surface area contributed by atoms with Crippen LogP contribution in [0.2, 0.25) is 10.0 Å². The maximum atomic E-state index is 12.5. The molecule has 0 bridgehead atoms. The second-order valence-corrected chi connectivity index (χ2v) is 6.16. The van der Waals surface area contributed by atoms with Crippen LogP contribution >= 0.6 is 23.2 Å². The van der Waals surface area contributed by atoms with Gasteiger partial charge in [-0.2, -0.15) is 0 Å². The molecule has 0 atom stereocenters. The molecule has 0 radical (unpaired) electrons. The Morgan fingerprint density at radius 1 is 1.00 bits per heavy atom. The zero-order valence-electron chi connectivity index (χ0n) is 11.5. The monoisotopic (exact) mass is 306 g/mol. The van der Waals surface area contributed by atoms with E-state index in [2.05, 4.69) is 13.8 Å². The van der Waals surface area contributed by atoms with Gasteiger partial charge in [-0.15, -0.1) is 0 Å². The molecule has 0 aliphatic carbocycles. The molecule has 2 aromatic rings. The number of carbonyl (C=O) groups is 1. The van der Waals surface area contributed by atoms with Crippen molar-refractivity contribution in [1.29, 1.82) is 0 Å². The lowest BCUT2D eigenvalue weighted by atomic mass is 9.97. The minimum absolute atomic E-state index is 0.0555. The number of halogens is 2. The Hall–Kier alpha value is -1.31. The smallest absolute Gasteiger partial charge is 0.193 e. The van der Waals surface area contributed by atoms with Crippen LogP contribution in [-0.4, -0.2) is 5.78 Å². The van der Waals surface area contributed by atoms with Gasteiger partial charge in [0, 0.05) is 21.2 Å². The van der Waals surface area contributed by atoms with Gasteiger partial charge in [-0.25, -0.2) is 0 Å². The van der Waals surface area contributed by atoms with E-state index in [-0.39, 0.29) is 5.78 Å². The van der Waals surface area contributed by atoms with Crippen molar-refractivity contribution in [1.82, 2.24) is 0 Å². The molecular weight excluding hydrogens is 291 g/mol. The van der Waals surface area contributed by atoms with Crippen LogP contribution < -0.4 is 0 Å². The van der Waals surface area contributed by atoms with Crippen molar-refractivity contribution in [2.24, 2.45) is 5.92 Å². The van der Waals surface area contributed by atoms with Gasteiger partial charge >= 0.3 is 0 Å². The molecule has 2 aromatic carbocycles. The SMILES string of the molecule is CC(C)Cc1cccc(C(=O)c2cc(Cl)cc(Cl)c2)c1. The molecule has 20 heavy (non-hydrogen) atoms. The molecule has 0 heterocycles. The third-order valence-electron chi connectivity index (χ3n) is 2.96. The molecule has 2 rings (SSSR count). The molecule has 104 valence electrons. The van der Waals surface area contributed by atoms with Crippen molar-refractivity contribution in [3.8, 4) is 0 Å². The Bertz CT molecular complexity index is 612. The van der Waals surface area contributed by atoms with E-state index < -0.39 is 0 Å². The van der Waals surface area contributed by atoms with E-state index in [1.165, 1.54) is 5.56 Å². The maximum Gasteiger partial charge on any atom is 0.193 e. The fraction of sp³-hybridized carbons (Fsp3) is 0.235. The van der Waals surface area contributed by atoms with Gasteiger partial charge in [-0.1, -0.05) is 55.2 Å². The summed E-state index contributed by atoms with van der Waals surface area (Å²) in [4.78, 5) is 12.5. The van der Waals surface area contributed by atoms with Gasteiger partial charge in [0.05, 0.1) is 0 Å². The number of benzene rings is 2. The maximum absolute atomic E-state index is 12.5. The topological polar surface area (TPSA) is 17.1 Å². The van der Waals surface area contributed by atoms with E-state index in [4.69, 9.17) is 23.2 Å². The zero-order chi connectivity index (χ0) is 14.7. The molecule has 0 fully saturated rings. The molecule has 0 aromatic heterocycles. The van der Waals surface area contributed by atoms with Crippen molar-refractivity contribution in [3.05, 3.63) is 69.2 Å². The Labute approximate surface area is 129 Å². The molecule has 0 N–H and O–H groups in total. The van der Waals surface area contributed by atoms with Gasteiger partial charge in [0.25, 0.3) is 0 Å². The van der Waals surface area contributed by atoms with Gasteiger partial charge < -0.3 is 0 Å². The van der Waals surface area contributed by atoms with Crippen LogP contribution in [0.5, 0.6) is 0 Å². The predicted octanol–water partition coefficient (Wildman–Crippen LogP) is 5.42. The molecule has 0 saturated carbocycles. The summed E-state index contributed by atoms with van der Waals surface area (Å²) in [6.07, 6.45) is 0.956. The second kappa shape index (κ2) is 6.43. The quantitative estimate of drug-likeness (QED) is 0.689. The molecule has 0 aliphatic heterocycles. The Kier molecular flexibility index (Phi) is 4.85. The van der Waals surface area contributed by atoms with Crippen molar-refractivity contribution in [2.75, 3.05) is 0 Å². The van der Waals surface area contributed by atoms with Crippen LogP contribution in [0.1, 0.15) is 35.3 Å². The molecule has 1 nitrogen and oxygen atoms in total. The molecule has 0 unspecified atom stereocenters. The van der Waals surface area contributed by atoms with Crippen LogP contribution in [-0.2, 0) is 6.42 Å². The summed E-state index contributed by atoms with van der Waals surface area (Å²) in [7, 11) is 0. The van der Waals surface area contributed by atoms with Crippen LogP contribution in [0.15, 0.2) is 42.5 Å². The predicted molar refractivity (Wildman–Crippen MR) is 84.9 cm³/mol. The minimum Gasteiger partial charge on any atom is -0.289 e. The summed E-state index contributed by atoms with van der Waals surface area (Å²) in [6, 6.07) is 12.6. The summed E-state index contributed by atoms with van der Waals surface area (Å²) in [5.74, 6) is 0.501. The fourth-order valence-electron chi connectivity index (χ4n) is 2.16. The van der Waals surface area contributed by atoms with E-state index in [0.717, 1.165) is 6.42 Å². The van der Waals surface area contributed by atoms with Crippen molar-refractivity contribution in [2.45, 2.75) is 20.3 Å². The molecule has 0 aliphatic rings. The van der Waals surface area contributed by atoms with E-state index >= 15 is 0 Å². The number of ketones is 1. The van der Waals surface area contributed by atoms with Crippen LogP contribution in [0.25, 0.3) is 0 Å². The van der Waals surface area contributed by atoms with Crippen molar-refractivity contribution >= 4 is 29.0 Å². The van der Waals surface area contributed by atoms with E-state index in [0.29, 0.717) is 27.1 Å². The summed E-state index contributed by atoms with van der Waals surface area (Å²) >= 11 is 11.9. The molecule has 3 heteroatoms. The average molecular weight is 307 g/mol. The van der Waals surface area contributed by atoms with Crippen molar-refractivity contribution < 1.29 is 4.79 Å². The Morgan fingerprint density at radius 2 is 1.65 bits per heavy atom. The van der Waals surface area contributed by atoms with Crippen LogP contribution in [0.4, 0.5) is 0 Å². The normalized spacial score (nSPS) is 10.8. The highest BCUT2D eigenvalue weighted by Crippen LogP contribution is 2.22. The number of hydrogen-bond acceptors (Lipinski definition) is 1.